The summed E-state index contributed by atoms with van der Waals surface area (Å²) in [6, 6.07) is 10.5. The molecule has 0 unspecified atom stereocenters. The molecule has 0 nitrogen and oxygen atoms in total. The molecule has 0 saturated heterocycles. The van der Waals surface area contributed by atoms with Crippen molar-refractivity contribution >= 4 is 0 Å². The van der Waals surface area contributed by atoms with Crippen molar-refractivity contribution in [2.45, 2.75) is 43.9 Å². The first kappa shape index (κ1) is 15.0. The predicted octanol–water partition coefficient (Wildman–Crippen LogP) is 4.16. The smallest absolute Gasteiger partial charge is 0.00945 e. The van der Waals surface area contributed by atoms with E-state index in [9.17, 15) is 0 Å². The van der Waals surface area contributed by atoms with Crippen LogP contribution in [0.3, 0.4) is 0 Å². The molecule has 1 aromatic rings. The van der Waals surface area contributed by atoms with Gasteiger partial charge in [-0.2, -0.15) is 0 Å². The Morgan fingerprint density at radius 3 is 1.53 bits per heavy atom. The van der Waals surface area contributed by atoms with Gasteiger partial charge < -0.3 is 0 Å². The van der Waals surface area contributed by atoms with Gasteiger partial charge >= 0.3 is 0 Å². The van der Waals surface area contributed by atoms with Gasteiger partial charge in [-0.1, -0.05) is 30.3 Å². The molecule has 0 radical (unpaired) electrons. The lowest BCUT2D eigenvalue weighted by Gasteiger charge is -2.33. The third kappa shape index (κ3) is 4.25. The van der Waals surface area contributed by atoms with E-state index in [-0.39, 0.29) is 5.41 Å². The predicted molar refractivity (Wildman–Crippen MR) is 82.3 cm³/mol. The van der Waals surface area contributed by atoms with Crippen LogP contribution >= 0.6 is 0 Å². The Morgan fingerprint density at radius 1 is 0.737 bits per heavy atom. The van der Waals surface area contributed by atoms with Gasteiger partial charge in [0.2, 0.25) is 0 Å². The first-order chi connectivity index (χ1) is 9.29. The average molecular weight is 248 g/mol. The first-order valence-corrected chi connectivity index (χ1v) is 6.65. The molecule has 0 aliphatic heterocycles. The van der Waals surface area contributed by atoms with E-state index < -0.39 is 0 Å². The summed E-state index contributed by atoms with van der Waals surface area (Å²) < 4.78 is 0. The quantitative estimate of drug-likeness (QED) is 0.635. The van der Waals surface area contributed by atoms with E-state index >= 15 is 0 Å². The van der Waals surface area contributed by atoms with E-state index in [0.29, 0.717) is 0 Å². The normalized spacial score (nSPS) is 10.2. The molecule has 1 aromatic carbocycles. The highest BCUT2D eigenvalue weighted by atomic mass is 14.3. The Hall–Kier alpha value is -2.10. The largest absolute Gasteiger partial charge is 0.120 e. The van der Waals surface area contributed by atoms with Gasteiger partial charge in [0.15, 0.2) is 0 Å². The highest BCUT2D eigenvalue weighted by Crippen LogP contribution is 2.38. The van der Waals surface area contributed by atoms with Crippen LogP contribution in [-0.2, 0) is 5.41 Å². The lowest BCUT2D eigenvalue weighted by atomic mass is 9.70. The summed E-state index contributed by atoms with van der Waals surface area (Å²) in [6.07, 6.45) is 21.4. The topological polar surface area (TPSA) is 0 Å². The molecule has 1 rings (SSSR count). The molecule has 0 heteroatoms. The zero-order valence-corrected chi connectivity index (χ0v) is 11.4. The maximum absolute atomic E-state index is 5.44. The molecule has 0 aromatic heterocycles. The molecule has 0 heterocycles. The van der Waals surface area contributed by atoms with Gasteiger partial charge in [-0.15, -0.1) is 37.0 Å². The molecular formula is C19H20. The third-order valence-electron chi connectivity index (χ3n) is 3.63. The molecule has 0 N–H and O–H groups in total. The Morgan fingerprint density at radius 2 is 1.16 bits per heavy atom. The van der Waals surface area contributed by atoms with Crippen LogP contribution in [0, 0.1) is 37.0 Å². The molecule has 0 fully saturated rings. The summed E-state index contributed by atoms with van der Waals surface area (Å²) in [6.45, 7) is 0. The number of hydrogen-bond donors (Lipinski definition) is 0. The van der Waals surface area contributed by atoms with Gasteiger partial charge in [0, 0.05) is 19.3 Å². The molecule has 0 atom stereocenters. The minimum atomic E-state index is 0.0202. The van der Waals surface area contributed by atoms with Crippen molar-refractivity contribution < 1.29 is 0 Å². The standard InChI is InChI=1S/C19H20/c1-4-7-15-19(16-8-5-2,17-9-6-3)18-13-11-10-12-14-18/h1-3,10-14H,7-9,15-17H2. The lowest BCUT2D eigenvalue weighted by Crippen LogP contribution is -2.26. The minimum Gasteiger partial charge on any atom is -0.120 e. The van der Waals surface area contributed by atoms with Crippen LogP contribution in [0.1, 0.15) is 44.1 Å². The monoisotopic (exact) mass is 248 g/mol. The van der Waals surface area contributed by atoms with Crippen molar-refractivity contribution in [2.75, 3.05) is 0 Å². The van der Waals surface area contributed by atoms with Crippen LogP contribution in [0.15, 0.2) is 30.3 Å². The van der Waals surface area contributed by atoms with E-state index in [4.69, 9.17) is 19.3 Å². The van der Waals surface area contributed by atoms with E-state index in [0.717, 1.165) is 38.5 Å². The van der Waals surface area contributed by atoms with Crippen molar-refractivity contribution in [1.82, 2.24) is 0 Å². The van der Waals surface area contributed by atoms with E-state index in [1.807, 2.05) is 6.07 Å². The molecule has 96 valence electrons. The summed E-state index contributed by atoms with van der Waals surface area (Å²) in [4.78, 5) is 0. The summed E-state index contributed by atoms with van der Waals surface area (Å²) in [5, 5.41) is 0. The van der Waals surface area contributed by atoms with Crippen molar-refractivity contribution in [1.29, 1.82) is 0 Å². The number of hydrogen-bond acceptors (Lipinski definition) is 0. The van der Waals surface area contributed by atoms with Crippen molar-refractivity contribution in [3.05, 3.63) is 35.9 Å². The fourth-order valence-corrected chi connectivity index (χ4v) is 2.53. The summed E-state index contributed by atoms with van der Waals surface area (Å²) in [7, 11) is 0. The lowest BCUT2D eigenvalue weighted by molar-refractivity contribution is 0.350. The number of benzene rings is 1. The van der Waals surface area contributed by atoms with E-state index in [1.54, 1.807) is 0 Å². The third-order valence-corrected chi connectivity index (χ3v) is 3.63. The second-order valence-corrected chi connectivity index (χ2v) is 4.76. The molecule has 0 saturated carbocycles. The molecule has 0 aliphatic rings. The van der Waals surface area contributed by atoms with Crippen LogP contribution in [0.25, 0.3) is 0 Å². The number of rotatable bonds is 7. The second kappa shape index (κ2) is 8.08. The molecule has 0 aliphatic carbocycles. The van der Waals surface area contributed by atoms with Crippen LogP contribution in [-0.4, -0.2) is 0 Å². The van der Waals surface area contributed by atoms with Gasteiger partial charge in [-0.3, -0.25) is 0 Å². The molecular weight excluding hydrogens is 228 g/mol. The highest BCUT2D eigenvalue weighted by Gasteiger charge is 2.30. The fraction of sp³-hybridized carbons (Fsp3) is 0.368. The summed E-state index contributed by atoms with van der Waals surface area (Å²) >= 11 is 0. The number of terminal acetylenes is 3. The van der Waals surface area contributed by atoms with Crippen LogP contribution in [0.5, 0.6) is 0 Å². The Balaban J connectivity index is 3.06. The Bertz CT molecular complexity index is 442. The van der Waals surface area contributed by atoms with Gasteiger partial charge in [-0.05, 0) is 30.2 Å². The fourth-order valence-electron chi connectivity index (χ4n) is 2.53. The van der Waals surface area contributed by atoms with Crippen LogP contribution in [0.4, 0.5) is 0 Å². The zero-order chi connectivity index (χ0) is 14.0. The summed E-state index contributed by atoms with van der Waals surface area (Å²) in [5.41, 5.74) is 1.32. The zero-order valence-electron chi connectivity index (χ0n) is 11.4. The van der Waals surface area contributed by atoms with Gasteiger partial charge in [0.05, 0.1) is 0 Å². The molecule has 0 amide bonds. The van der Waals surface area contributed by atoms with E-state index in [2.05, 4.69) is 42.0 Å². The molecule has 0 spiro atoms. The molecule has 19 heavy (non-hydrogen) atoms. The SMILES string of the molecule is C#CCCC(CCC#C)(CCC#C)c1ccccc1. The van der Waals surface area contributed by atoms with Gasteiger partial charge in [0.1, 0.15) is 0 Å². The first-order valence-electron chi connectivity index (χ1n) is 6.65. The molecule has 0 bridgehead atoms. The van der Waals surface area contributed by atoms with Crippen molar-refractivity contribution in [3.8, 4) is 37.0 Å². The maximum Gasteiger partial charge on any atom is 0.00945 e. The second-order valence-electron chi connectivity index (χ2n) is 4.76. The highest BCUT2D eigenvalue weighted by molar-refractivity contribution is 5.26. The minimum absolute atomic E-state index is 0.0202. The van der Waals surface area contributed by atoms with Gasteiger partial charge in [-0.25, -0.2) is 0 Å². The van der Waals surface area contributed by atoms with Crippen LogP contribution in [0.2, 0.25) is 0 Å². The van der Waals surface area contributed by atoms with E-state index in [1.165, 1.54) is 5.56 Å². The maximum atomic E-state index is 5.44. The van der Waals surface area contributed by atoms with Gasteiger partial charge in [0.25, 0.3) is 0 Å². The summed E-state index contributed by atoms with van der Waals surface area (Å²) in [5.74, 6) is 8.23. The van der Waals surface area contributed by atoms with Crippen LogP contribution < -0.4 is 0 Å². The Labute approximate surface area is 117 Å². The van der Waals surface area contributed by atoms with Crippen molar-refractivity contribution in [3.63, 3.8) is 0 Å². The Kier molecular flexibility index (Phi) is 6.36. The van der Waals surface area contributed by atoms with Crippen molar-refractivity contribution in [2.24, 2.45) is 0 Å². The average Bonchev–Trinajstić information content (AvgIpc) is 2.48.